The summed E-state index contributed by atoms with van der Waals surface area (Å²) < 4.78 is 0. The molecule has 0 bridgehead atoms. The molecule has 0 radical (unpaired) electrons. The van der Waals surface area contributed by atoms with Crippen LogP contribution in [-0.2, 0) is 4.79 Å². The monoisotopic (exact) mass is 178 g/mol. The number of rotatable bonds is 1. The summed E-state index contributed by atoms with van der Waals surface area (Å²) in [5.74, 6) is 0.0569. The van der Waals surface area contributed by atoms with Crippen LogP contribution in [0.4, 0.5) is 10.6 Å². The molecule has 0 saturated carbocycles. The molecule has 0 unspecified atom stereocenters. The van der Waals surface area contributed by atoms with E-state index in [1.807, 2.05) is 0 Å². The van der Waals surface area contributed by atoms with Crippen LogP contribution < -0.4 is 10.2 Å². The number of carbonyl (C=O) groups excluding carboxylic acids is 2. The average Bonchev–Trinajstić information content (AvgIpc) is 2.47. The van der Waals surface area contributed by atoms with Gasteiger partial charge in [-0.1, -0.05) is 0 Å². The Balaban J connectivity index is 2.28. The van der Waals surface area contributed by atoms with Gasteiger partial charge in [0.15, 0.2) is 5.82 Å². The maximum Gasteiger partial charge on any atom is 0.330 e. The van der Waals surface area contributed by atoms with E-state index in [9.17, 15) is 9.59 Å². The number of nitrogens with zero attached hydrogens (tertiary/aromatic N) is 3. The third-order valence-electron chi connectivity index (χ3n) is 1.62. The molecule has 0 aliphatic carbocycles. The summed E-state index contributed by atoms with van der Waals surface area (Å²) in [5.41, 5.74) is 0. The van der Waals surface area contributed by atoms with Crippen molar-refractivity contribution < 1.29 is 9.59 Å². The first kappa shape index (κ1) is 7.66. The maximum atomic E-state index is 11.1. The van der Waals surface area contributed by atoms with Gasteiger partial charge in [0.1, 0.15) is 6.54 Å². The molecule has 2 heterocycles. The van der Waals surface area contributed by atoms with Gasteiger partial charge in [0, 0.05) is 12.4 Å². The molecule has 66 valence electrons. The lowest BCUT2D eigenvalue weighted by atomic mass is 10.5. The molecule has 1 aliphatic heterocycles. The number of nitrogens with one attached hydrogen (secondary N) is 1. The molecule has 13 heavy (non-hydrogen) atoms. The molecule has 3 amide bonds. The predicted molar refractivity (Wildman–Crippen MR) is 42.9 cm³/mol. The van der Waals surface area contributed by atoms with E-state index in [1.54, 1.807) is 0 Å². The first-order valence-electron chi connectivity index (χ1n) is 3.65. The third kappa shape index (κ3) is 1.33. The Kier molecular flexibility index (Phi) is 1.66. The molecule has 6 heteroatoms. The molecule has 1 saturated heterocycles. The molecule has 1 aromatic rings. The minimum atomic E-state index is -0.453. The maximum absolute atomic E-state index is 11.1. The van der Waals surface area contributed by atoms with Gasteiger partial charge in [-0.2, -0.15) is 0 Å². The number of imide groups is 1. The fourth-order valence-electron chi connectivity index (χ4n) is 1.06. The lowest BCUT2D eigenvalue weighted by molar-refractivity contribution is -0.117. The summed E-state index contributed by atoms with van der Waals surface area (Å²) >= 11 is 0. The molecule has 1 N–H and O–H groups in total. The van der Waals surface area contributed by atoms with Crippen molar-refractivity contribution in [2.45, 2.75) is 0 Å². The Bertz CT molecular complexity index is 351. The molecule has 1 fully saturated rings. The van der Waals surface area contributed by atoms with E-state index >= 15 is 0 Å². The lowest BCUT2D eigenvalue weighted by Gasteiger charge is -2.09. The zero-order valence-corrected chi connectivity index (χ0v) is 6.60. The molecule has 6 nitrogen and oxygen atoms in total. The summed E-state index contributed by atoms with van der Waals surface area (Å²) in [6.45, 7) is 0.0114. The van der Waals surface area contributed by atoms with Gasteiger partial charge in [-0.3, -0.25) is 20.0 Å². The van der Waals surface area contributed by atoms with Gasteiger partial charge in [0.2, 0.25) is 5.91 Å². The fourth-order valence-corrected chi connectivity index (χ4v) is 1.06. The van der Waals surface area contributed by atoms with Crippen LogP contribution >= 0.6 is 0 Å². The van der Waals surface area contributed by atoms with Gasteiger partial charge in [-0.25, -0.2) is 9.78 Å². The van der Waals surface area contributed by atoms with Gasteiger partial charge in [0.05, 0.1) is 6.20 Å². The number of carbonyl (C=O) groups is 2. The zero-order valence-electron chi connectivity index (χ0n) is 6.60. The number of aromatic nitrogens is 2. The SMILES string of the molecule is O=C1CN(c2cnccn2)C(=O)N1. The number of urea groups is 1. The van der Waals surface area contributed by atoms with Crippen molar-refractivity contribution in [1.82, 2.24) is 15.3 Å². The largest absolute Gasteiger partial charge is 0.330 e. The normalized spacial score (nSPS) is 16.2. The van der Waals surface area contributed by atoms with E-state index in [-0.39, 0.29) is 12.5 Å². The van der Waals surface area contributed by atoms with Crippen LogP contribution in [0.3, 0.4) is 0 Å². The molecule has 1 aliphatic rings. The Labute approximate surface area is 73.6 Å². The minimum Gasteiger partial charge on any atom is -0.276 e. The lowest BCUT2D eigenvalue weighted by Crippen LogP contribution is -2.28. The molecule has 0 aromatic carbocycles. The van der Waals surface area contributed by atoms with Crippen LogP contribution in [0.2, 0.25) is 0 Å². The number of hydrogen-bond donors (Lipinski definition) is 1. The average molecular weight is 178 g/mol. The summed E-state index contributed by atoms with van der Waals surface area (Å²) in [6, 6.07) is -0.453. The second-order valence-electron chi connectivity index (χ2n) is 2.50. The highest BCUT2D eigenvalue weighted by Gasteiger charge is 2.28. The second kappa shape index (κ2) is 2.81. The highest BCUT2D eigenvalue weighted by atomic mass is 16.2. The van der Waals surface area contributed by atoms with Crippen LogP contribution in [-0.4, -0.2) is 28.5 Å². The van der Waals surface area contributed by atoms with E-state index in [0.717, 1.165) is 0 Å². The van der Waals surface area contributed by atoms with Gasteiger partial charge < -0.3 is 0 Å². The first-order valence-corrected chi connectivity index (χ1v) is 3.65. The van der Waals surface area contributed by atoms with E-state index in [0.29, 0.717) is 5.82 Å². The van der Waals surface area contributed by atoms with Gasteiger partial charge in [0.25, 0.3) is 0 Å². The quantitative estimate of drug-likeness (QED) is 0.590. The van der Waals surface area contributed by atoms with Gasteiger partial charge >= 0.3 is 6.03 Å². The smallest absolute Gasteiger partial charge is 0.276 e. The van der Waals surface area contributed by atoms with Crippen molar-refractivity contribution in [2.24, 2.45) is 0 Å². The highest BCUT2D eigenvalue weighted by molar-refractivity contribution is 6.11. The first-order chi connectivity index (χ1) is 6.27. The van der Waals surface area contributed by atoms with Gasteiger partial charge in [-0.15, -0.1) is 0 Å². The predicted octanol–water partition coefficient (Wildman–Crippen LogP) is -0.467. The summed E-state index contributed by atoms with van der Waals surface area (Å²) in [7, 11) is 0. The minimum absolute atomic E-state index is 0.0114. The van der Waals surface area contributed by atoms with E-state index in [2.05, 4.69) is 15.3 Å². The standard InChI is InChI=1S/C7H6N4O2/c12-6-4-11(7(13)10-6)5-3-8-1-2-9-5/h1-3H,4H2,(H,10,12,13). The Morgan fingerprint density at radius 3 is 2.77 bits per heavy atom. The van der Waals surface area contributed by atoms with Crippen LogP contribution in [0.5, 0.6) is 0 Å². The third-order valence-corrected chi connectivity index (χ3v) is 1.62. The molecule has 0 atom stereocenters. The van der Waals surface area contributed by atoms with Crippen molar-refractivity contribution in [3.8, 4) is 0 Å². The van der Waals surface area contributed by atoms with Crippen molar-refractivity contribution in [3.63, 3.8) is 0 Å². The van der Waals surface area contributed by atoms with Crippen LogP contribution in [0.25, 0.3) is 0 Å². The molecule has 1 aromatic heterocycles. The van der Waals surface area contributed by atoms with Crippen LogP contribution in [0.1, 0.15) is 0 Å². The topological polar surface area (TPSA) is 75.2 Å². The van der Waals surface area contributed by atoms with Crippen LogP contribution in [0.15, 0.2) is 18.6 Å². The molecule has 2 rings (SSSR count). The summed E-state index contributed by atoms with van der Waals surface area (Å²) in [6.07, 6.45) is 4.39. The Morgan fingerprint density at radius 2 is 2.23 bits per heavy atom. The molecule has 0 spiro atoms. The van der Waals surface area contributed by atoms with E-state index in [1.165, 1.54) is 23.5 Å². The summed E-state index contributed by atoms with van der Waals surface area (Å²) in [4.78, 5) is 30.8. The molecular formula is C7H6N4O2. The Morgan fingerprint density at radius 1 is 1.38 bits per heavy atom. The van der Waals surface area contributed by atoms with Crippen molar-refractivity contribution >= 4 is 17.8 Å². The van der Waals surface area contributed by atoms with Crippen molar-refractivity contribution in [1.29, 1.82) is 0 Å². The summed E-state index contributed by atoms with van der Waals surface area (Å²) in [5, 5.41) is 2.15. The Hall–Kier alpha value is -1.98. The van der Waals surface area contributed by atoms with Crippen molar-refractivity contribution in [3.05, 3.63) is 18.6 Å². The second-order valence-corrected chi connectivity index (χ2v) is 2.50. The van der Waals surface area contributed by atoms with Crippen molar-refractivity contribution in [2.75, 3.05) is 11.4 Å². The number of anilines is 1. The molecular weight excluding hydrogens is 172 g/mol. The number of amides is 3. The number of hydrogen-bond acceptors (Lipinski definition) is 4. The van der Waals surface area contributed by atoms with Gasteiger partial charge in [-0.05, 0) is 0 Å². The highest BCUT2D eigenvalue weighted by Crippen LogP contribution is 2.10. The van der Waals surface area contributed by atoms with Crippen LogP contribution in [0, 0.1) is 0 Å². The van der Waals surface area contributed by atoms with E-state index in [4.69, 9.17) is 0 Å². The fraction of sp³-hybridized carbons (Fsp3) is 0.143. The van der Waals surface area contributed by atoms with E-state index < -0.39 is 6.03 Å². The zero-order chi connectivity index (χ0) is 9.26.